The molecule has 5 heteroatoms. The Bertz CT molecular complexity index is 202. The summed E-state index contributed by atoms with van der Waals surface area (Å²) in [5.74, 6) is -1.60. The van der Waals surface area contributed by atoms with Gasteiger partial charge in [-0.15, -0.1) is 0 Å². The van der Waals surface area contributed by atoms with Crippen molar-refractivity contribution in [2.75, 3.05) is 13.6 Å². The lowest BCUT2D eigenvalue weighted by molar-refractivity contribution is -0.177. The second-order valence-corrected chi connectivity index (χ2v) is 3.35. The maximum atomic E-state index is 12.0. The van der Waals surface area contributed by atoms with Gasteiger partial charge < -0.3 is 0 Å². The van der Waals surface area contributed by atoms with E-state index in [9.17, 15) is 18.0 Å². The third-order valence-electron chi connectivity index (χ3n) is 2.35. The molecule has 0 aliphatic carbocycles. The predicted octanol–water partition coefficient (Wildman–Crippen LogP) is 1.60. The van der Waals surface area contributed by atoms with E-state index in [1.807, 2.05) is 0 Å². The monoisotopic (exact) mass is 195 g/mol. The molecular weight excluding hydrogens is 183 g/mol. The van der Waals surface area contributed by atoms with Gasteiger partial charge in [0.2, 0.25) is 0 Å². The van der Waals surface area contributed by atoms with Gasteiger partial charge in [-0.3, -0.25) is 9.69 Å². The van der Waals surface area contributed by atoms with Crippen LogP contribution in [0.25, 0.3) is 0 Å². The van der Waals surface area contributed by atoms with Crippen molar-refractivity contribution in [2.24, 2.45) is 0 Å². The summed E-state index contributed by atoms with van der Waals surface area (Å²) in [7, 11) is 1.56. The molecular formula is C8H12F3NO. The van der Waals surface area contributed by atoms with Crippen LogP contribution < -0.4 is 0 Å². The number of rotatable bonds is 1. The minimum absolute atomic E-state index is 0.328. The summed E-state index contributed by atoms with van der Waals surface area (Å²) in [5, 5.41) is 0. The van der Waals surface area contributed by atoms with E-state index in [1.54, 1.807) is 7.05 Å². The molecule has 0 aromatic carbocycles. The van der Waals surface area contributed by atoms with Crippen LogP contribution in [0.4, 0.5) is 13.2 Å². The lowest BCUT2D eigenvalue weighted by Gasteiger charge is -2.31. The first-order chi connectivity index (χ1) is 5.93. The molecule has 0 spiro atoms. The van der Waals surface area contributed by atoms with Gasteiger partial charge in [-0.05, 0) is 26.4 Å². The number of likely N-dealkylation sites (N-methyl/N-ethyl adjacent to an activating group) is 1. The standard InChI is InChI=1S/C8H12F3NO/c1-12-5-3-2-4-6(12)7(13)8(9,10)11/h6H,2-5H2,1H3. The topological polar surface area (TPSA) is 20.3 Å². The molecule has 1 rings (SSSR count). The van der Waals surface area contributed by atoms with Gasteiger partial charge in [-0.1, -0.05) is 6.42 Å². The van der Waals surface area contributed by atoms with Gasteiger partial charge in [-0.2, -0.15) is 13.2 Å². The molecule has 1 saturated heterocycles. The number of hydrogen-bond acceptors (Lipinski definition) is 2. The lowest BCUT2D eigenvalue weighted by Crippen LogP contribution is -2.47. The van der Waals surface area contributed by atoms with Gasteiger partial charge in [0, 0.05) is 0 Å². The predicted molar refractivity (Wildman–Crippen MR) is 41.3 cm³/mol. The van der Waals surface area contributed by atoms with Crippen LogP contribution in [0.2, 0.25) is 0 Å². The zero-order valence-electron chi connectivity index (χ0n) is 7.40. The quantitative estimate of drug-likeness (QED) is 0.633. The minimum atomic E-state index is -4.68. The van der Waals surface area contributed by atoms with Crippen molar-refractivity contribution in [1.29, 1.82) is 0 Å². The van der Waals surface area contributed by atoms with Crippen LogP contribution in [0.3, 0.4) is 0 Å². The first-order valence-electron chi connectivity index (χ1n) is 4.24. The zero-order chi connectivity index (χ0) is 10.1. The fourth-order valence-corrected chi connectivity index (χ4v) is 1.60. The van der Waals surface area contributed by atoms with Crippen molar-refractivity contribution in [2.45, 2.75) is 31.5 Å². The van der Waals surface area contributed by atoms with Gasteiger partial charge >= 0.3 is 6.18 Å². The molecule has 76 valence electrons. The van der Waals surface area contributed by atoms with E-state index in [0.717, 1.165) is 6.42 Å². The molecule has 1 atom stereocenters. The Morgan fingerprint density at radius 2 is 2.00 bits per heavy atom. The molecule has 0 saturated carbocycles. The van der Waals surface area contributed by atoms with Gasteiger partial charge in [0.15, 0.2) is 0 Å². The molecule has 1 aliphatic rings. The van der Waals surface area contributed by atoms with E-state index in [0.29, 0.717) is 19.4 Å². The van der Waals surface area contributed by atoms with E-state index < -0.39 is 18.0 Å². The summed E-state index contributed by atoms with van der Waals surface area (Å²) in [5.41, 5.74) is 0. The molecule has 1 fully saturated rings. The van der Waals surface area contributed by atoms with Gasteiger partial charge in [0.05, 0.1) is 6.04 Å². The molecule has 1 heterocycles. The Morgan fingerprint density at radius 3 is 2.46 bits per heavy atom. The fraction of sp³-hybridized carbons (Fsp3) is 0.875. The normalized spacial score (nSPS) is 26.0. The number of carbonyl (C=O) groups excluding carboxylic acids is 1. The summed E-state index contributed by atoms with van der Waals surface area (Å²) < 4.78 is 36.1. The van der Waals surface area contributed by atoms with Crippen LogP contribution in [0.1, 0.15) is 19.3 Å². The van der Waals surface area contributed by atoms with Gasteiger partial charge in [0.25, 0.3) is 5.78 Å². The van der Waals surface area contributed by atoms with E-state index in [4.69, 9.17) is 0 Å². The Kier molecular flexibility index (Phi) is 2.95. The van der Waals surface area contributed by atoms with Crippen LogP contribution in [-0.2, 0) is 4.79 Å². The summed E-state index contributed by atoms with van der Waals surface area (Å²) in [6.07, 6.45) is -2.78. The number of alkyl halides is 3. The smallest absolute Gasteiger partial charge is 0.296 e. The Hall–Kier alpha value is -0.580. The van der Waals surface area contributed by atoms with Crippen LogP contribution in [-0.4, -0.2) is 36.5 Å². The van der Waals surface area contributed by atoms with Crippen molar-refractivity contribution >= 4 is 5.78 Å². The Balaban J connectivity index is 2.64. The summed E-state index contributed by atoms with van der Waals surface area (Å²) >= 11 is 0. The maximum absolute atomic E-state index is 12.0. The Labute approximate surface area is 74.7 Å². The number of hydrogen-bond donors (Lipinski definition) is 0. The van der Waals surface area contributed by atoms with Crippen molar-refractivity contribution in [3.05, 3.63) is 0 Å². The second-order valence-electron chi connectivity index (χ2n) is 3.35. The highest BCUT2D eigenvalue weighted by atomic mass is 19.4. The molecule has 0 aromatic rings. The third-order valence-corrected chi connectivity index (χ3v) is 2.35. The van der Waals surface area contributed by atoms with E-state index in [-0.39, 0.29) is 0 Å². The minimum Gasteiger partial charge on any atom is -0.296 e. The number of likely N-dealkylation sites (tertiary alicyclic amines) is 1. The number of piperidine rings is 1. The highest BCUT2D eigenvalue weighted by molar-refractivity contribution is 5.89. The SMILES string of the molecule is CN1CCCCC1C(=O)C(F)(F)F. The summed E-state index contributed by atoms with van der Waals surface area (Å²) in [6.45, 7) is 0.576. The average Bonchev–Trinajstić information content (AvgIpc) is 2.02. The van der Waals surface area contributed by atoms with Crippen LogP contribution >= 0.6 is 0 Å². The molecule has 0 aromatic heterocycles. The summed E-state index contributed by atoms with van der Waals surface area (Å²) in [4.78, 5) is 12.3. The number of ketones is 1. The fourth-order valence-electron chi connectivity index (χ4n) is 1.60. The second kappa shape index (κ2) is 3.65. The molecule has 1 unspecified atom stereocenters. The lowest BCUT2D eigenvalue weighted by atomic mass is 9.99. The van der Waals surface area contributed by atoms with Gasteiger partial charge in [-0.25, -0.2) is 0 Å². The zero-order valence-corrected chi connectivity index (χ0v) is 7.40. The molecule has 0 radical (unpaired) electrons. The summed E-state index contributed by atoms with van der Waals surface area (Å²) in [6, 6.07) is -0.950. The van der Waals surface area contributed by atoms with E-state index >= 15 is 0 Å². The highest BCUT2D eigenvalue weighted by Gasteiger charge is 2.44. The molecule has 1 aliphatic heterocycles. The third kappa shape index (κ3) is 2.43. The largest absolute Gasteiger partial charge is 0.451 e. The van der Waals surface area contributed by atoms with Crippen molar-refractivity contribution in [1.82, 2.24) is 4.90 Å². The van der Waals surface area contributed by atoms with Crippen molar-refractivity contribution < 1.29 is 18.0 Å². The first kappa shape index (κ1) is 10.5. The molecule has 0 N–H and O–H groups in total. The number of Topliss-reactive ketones (excluding diaryl/α,β-unsaturated/α-hetero) is 1. The molecule has 13 heavy (non-hydrogen) atoms. The van der Waals surface area contributed by atoms with E-state index in [2.05, 4.69) is 0 Å². The van der Waals surface area contributed by atoms with Crippen molar-refractivity contribution in [3.63, 3.8) is 0 Å². The maximum Gasteiger partial charge on any atom is 0.451 e. The highest BCUT2D eigenvalue weighted by Crippen LogP contribution is 2.25. The van der Waals surface area contributed by atoms with Crippen LogP contribution in [0.5, 0.6) is 0 Å². The van der Waals surface area contributed by atoms with Crippen LogP contribution in [0, 0.1) is 0 Å². The molecule has 0 bridgehead atoms. The molecule has 2 nitrogen and oxygen atoms in total. The van der Waals surface area contributed by atoms with Crippen LogP contribution in [0.15, 0.2) is 0 Å². The van der Waals surface area contributed by atoms with Crippen molar-refractivity contribution in [3.8, 4) is 0 Å². The number of carbonyl (C=O) groups is 1. The number of nitrogens with zero attached hydrogens (tertiary/aromatic N) is 1. The Morgan fingerprint density at radius 1 is 1.38 bits per heavy atom. The number of halogens is 3. The molecule has 0 amide bonds. The average molecular weight is 195 g/mol. The van der Waals surface area contributed by atoms with Gasteiger partial charge in [0.1, 0.15) is 0 Å². The first-order valence-corrected chi connectivity index (χ1v) is 4.24. The van der Waals surface area contributed by atoms with E-state index in [1.165, 1.54) is 4.90 Å².